The van der Waals surface area contributed by atoms with Crippen LogP contribution < -0.4 is 5.73 Å². The van der Waals surface area contributed by atoms with E-state index < -0.39 is 32.5 Å². The molecule has 9 nitrogen and oxygen atoms in total. The van der Waals surface area contributed by atoms with Gasteiger partial charge in [-0.05, 0) is 116 Å². The van der Waals surface area contributed by atoms with Gasteiger partial charge in [0.15, 0.2) is 6.10 Å². The van der Waals surface area contributed by atoms with Crippen molar-refractivity contribution in [1.82, 2.24) is 0 Å². The molecule has 0 bridgehead atoms. The molecule has 406 valence electrons. The first-order valence-electron chi connectivity index (χ1n) is 27.8. The number of phosphoric ester groups is 1. The van der Waals surface area contributed by atoms with E-state index >= 15 is 0 Å². The van der Waals surface area contributed by atoms with Crippen LogP contribution in [0.1, 0.15) is 200 Å². The summed E-state index contributed by atoms with van der Waals surface area (Å²) in [5.41, 5.74) is 5.37. The van der Waals surface area contributed by atoms with E-state index in [1.165, 1.54) is 12.8 Å². The Morgan fingerprint density at radius 2 is 0.764 bits per heavy atom. The highest BCUT2D eigenvalue weighted by Crippen LogP contribution is 2.43. The summed E-state index contributed by atoms with van der Waals surface area (Å²) in [4.78, 5) is 35.0. The molecule has 0 aromatic heterocycles. The van der Waals surface area contributed by atoms with Gasteiger partial charge in [-0.2, -0.15) is 0 Å². The van der Waals surface area contributed by atoms with E-state index in [9.17, 15) is 19.0 Å². The maximum atomic E-state index is 12.7. The van der Waals surface area contributed by atoms with Gasteiger partial charge in [-0.25, -0.2) is 4.57 Å². The molecule has 0 radical (unpaired) electrons. The SMILES string of the molecule is CC/C=C\C/C=C\C/C=C\C/C=C\C/C=C\C/C=C\C/C=C\C/C=C\C/C=C\C/C=C\CCCCCCCCC(=O)OC(COC(=O)CCCCCCC/C=C\C/C=C\CCCC)COP(=O)(O)OCCN. The minimum Gasteiger partial charge on any atom is -0.462 e. The van der Waals surface area contributed by atoms with Crippen LogP contribution in [0.25, 0.3) is 0 Å². The number of carbonyl (C=O) groups excluding carboxylic acids is 2. The Balaban J connectivity index is 4.06. The number of esters is 2. The zero-order valence-electron chi connectivity index (χ0n) is 45.1. The molecule has 3 N–H and O–H groups in total. The van der Waals surface area contributed by atoms with Crippen molar-refractivity contribution in [1.29, 1.82) is 0 Å². The molecule has 10 heteroatoms. The Kier molecular flexibility index (Phi) is 53.0. The Morgan fingerprint density at radius 3 is 1.14 bits per heavy atom. The number of hydrogen-bond acceptors (Lipinski definition) is 8. The van der Waals surface area contributed by atoms with Crippen LogP contribution in [0.5, 0.6) is 0 Å². The van der Waals surface area contributed by atoms with Gasteiger partial charge < -0.3 is 20.1 Å². The van der Waals surface area contributed by atoms with Gasteiger partial charge in [-0.3, -0.25) is 18.6 Å². The van der Waals surface area contributed by atoms with E-state index in [2.05, 4.69) is 160 Å². The number of phosphoric acid groups is 1. The van der Waals surface area contributed by atoms with Crippen LogP contribution in [0.15, 0.2) is 146 Å². The van der Waals surface area contributed by atoms with E-state index in [1.807, 2.05) is 0 Å². The molecular weight excluding hydrogens is 918 g/mol. The highest BCUT2D eigenvalue weighted by Gasteiger charge is 2.26. The predicted octanol–water partition coefficient (Wildman–Crippen LogP) is 17.6. The molecule has 0 aromatic rings. The van der Waals surface area contributed by atoms with Gasteiger partial charge in [-0.15, -0.1) is 0 Å². The quantitative estimate of drug-likeness (QED) is 0.0264. The van der Waals surface area contributed by atoms with Gasteiger partial charge in [0.2, 0.25) is 0 Å². The minimum atomic E-state index is -4.40. The van der Waals surface area contributed by atoms with Gasteiger partial charge in [0.1, 0.15) is 6.61 Å². The molecule has 0 saturated heterocycles. The van der Waals surface area contributed by atoms with Crippen LogP contribution in [0.2, 0.25) is 0 Å². The molecule has 0 aliphatic heterocycles. The van der Waals surface area contributed by atoms with Crippen molar-refractivity contribution < 1.29 is 37.6 Å². The molecule has 0 heterocycles. The summed E-state index contributed by atoms with van der Waals surface area (Å²) in [6.45, 7) is 3.52. The lowest BCUT2D eigenvalue weighted by Crippen LogP contribution is -2.29. The van der Waals surface area contributed by atoms with Gasteiger partial charge >= 0.3 is 19.8 Å². The first-order chi connectivity index (χ1) is 35.3. The summed E-state index contributed by atoms with van der Waals surface area (Å²) in [7, 11) is -4.40. The Hall–Kier alpha value is -4.11. The number of allylic oxidation sites excluding steroid dienone is 24. The molecular formula is C62H100NO8P. The summed E-state index contributed by atoms with van der Waals surface area (Å²) < 4.78 is 32.9. The molecule has 2 unspecified atom stereocenters. The van der Waals surface area contributed by atoms with Crippen molar-refractivity contribution in [2.75, 3.05) is 26.4 Å². The fourth-order valence-corrected chi connectivity index (χ4v) is 7.62. The highest BCUT2D eigenvalue weighted by molar-refractivity contribution is 7.47. The number of carbonyl (C=O) groups is 2. The maximum absolute atomic E-state index is 12.7. The normalized spacial score (nSPS) is 14.2. The van der Waals surface area contributed by atoms with E-state index in [0.29, 0.717) is 12.8 Å². The second-order valence-corrected chi connectivity index (χ2v) is 19.2. The smallest absolute Gasteiger partial charge is 0.462 e. The molecule has 0 aliphatic rings. The van der Waals surface area contributed by atoms with Crippen molar-refractivity contribution in [2.24, 2.45) is 5.73 Å². The van der Waals surface area contributed by atoms with E-state index in [0.717, 1.165) is 148 Å². The van der Waals surface area contributed by atoms with Crippen molar-refractivity contribution in [3.8, 4) is 0 Å². The van der Waals surface area contributed by atoms with Crippen molar-refractivity contribution >= 4 is 19.8 Å². The van der Waals surface area contributed by atoms with Gasteiger partial charge in [0.25, 0.3) is 0 Å². The molecule has 72 heavy (non-hydrogen) atoms. The largest absolute Gasteiger partial charge is 0.472 e. The molecule has 0 amide bonds. The molecule has 2 atom stereocenters. The number of nitrogens with two attached hydrogens (primary N) is 1. The summed E-state index contributed by atoms with van der Waals surface area (Å²) in [6.07, 6.45) is 80.4. The predicted molar refractivity (Wildman–Crippen MR) is 307 cm³/mol. The Bertz CT molecular complexity index is 1680. The van der Waals surface area contributed by atoms with E-state index in [-0.39, 0.29) is 32.6 Å². The standard InChI is InChI=1S/C62H100NO8P/c1-3-5-7-9-11-13-15-17-19-20-21-22-23-24-25-26-27-28-29-30-31-32-33-34-35-36-37-38-39-40-41-43-45-47-49-51-53-55-62(65)71-60(59-70-72(66,67)69-57-56-63)58-68-61(64)54-52-50-48-46-44-42-18-16-14-12-10-8-6-4-2/h5,7,10-13,16-19,21-22,24-25,27-28,30-31,33-34,36-37,39-40,60H,3-4,6,8-9,14-15,20,23,26,29,32,35,38,41-59,63H2,1-2H3,(H,66,67)/b7-5-,12-10-,13-11-,18-16-,19-17-,22-21-,25-24-,28-27-,31-30-,34-33-,37-36-,40-39-. The van der Waals surface area contributed by atoms with Crippen LogP contribution in [-0.2, 0) is 32.7 Å². The van der Waals surface area contributed by atoms with Crippen molar-refractivity contribution in [2.45, 2.75) is 206 Å². The lowest BCUT2D eigenvalue weighted by atomic mass is 10.1. The second kappa shape index (κ2) is 56.2. The highest BCUT2D eigenvalue weighted by atomic mass is 31.2. The molecule has 0 spiro atoms. The van der Waals surface area contributed by atoms with Crippen molar-refractivity contribution in [3.05, 3.63) is 146 Å². The molecule has 0 aliphatic carbocycles. The number of hydrogen-bond donors (Lipinski definition) is 2. The van der Waals surface area contributed by atoms with Crippen LogP contribution in [0, 0.1) is 0 Å². The Morgan fingerprint density at radius 1 is 0.431 bits per heavy atom. The summed E-state index contributed by atoms with van der Waals surface area (Å²) in [5, 5.41) is 0. The third-order valence-electron chi connectivity index (χ3n) is 11.0. The summed E-state index contributed by atoms with van der Waals surface area (Å²) >= 11 is 0. The average molecular weight is 1020 g/mol. The van der Waals surface area contributed by atoms with Crippen LogP contribution in [0.4, 0.5) is 0 Å². The van der Waals surface area contributed by atoms with E-state index in [1.54, 1.807) is 0 Å². The van der Waals surface area contributed by atoms with Crippen LogP contribution in [0.3, 0.4) is 0 Å². The lowest BCUT2D eigenvalue weighted by molar-refractivity contribution is -0.161. The van der Waals surface area contributed by atoms with Crippen molar-refractivity contribution in [3.63, 3.8) is 0 Å². The fraction of sp³-hybridized carbons (Fsp3) is 0.581. The number of rotatable bonds is 50. The monoisotopic (exact) mass is 1020 g/mol. The first kappa shape index (κ1) is 67.9. The third-order valence-corrected chi connectivity index (χ3v) is 11.9. The molecule has 0 saturated carbocycles. The topological polar surface area (TPSA) is 134 Å². The molecule has 0 aromatic carbocycles. The van der Waals surface area contributed by atoms with E-state index in [4.69, 9.17) is 24.3 Å². The molecule has 0 rings (SSSR count). The maximum Gasteiger partial charge on any atom is 0.472 e. The van der Waals surface area contributed by atoms with Gasteiger partial charge in [0.05, 0.1) is 13.2 Å². The first-order valence-corrected chi connectivity index (χ1v) is 29.3. The second-order valence-electron chi connectivity index (χ2n) is 17.7. The lowest BCUT2D eigenvalue weighted by Gasteiger charge is -2.19. The summed E-state index contributed by atoms with van der Waals surface area (Å²) in [5.74, 6) is -0.874. The average Bonchev–Trinajstić information content (AvgIpc) is 3.37. The third kappa shape index (κ3) is 55.2. The van der Waals surface area contributed by atoms with Crippen LogP contribution in [-0.4, -0.2) is 49.3 Å². The summed E-state index contributed by atoms with van der Waals surface area (Å²) in [6, 6.07) is 0. The number of ether oxygens (including phenoxy) is 2. The molecule has 0 fully saturated rings. The van der Waals surface area contributed by atoms with Crippen LogP contribution >= 0.6 is 7.82 Å². The minimum absolute atomic E-state index is 0.0409. The fourth-order valence-electron chi connectivity index (χ4n) is 6.85. The Labute approximate surface area is 439 Å². The zero-order chi connectivity index (χ0) is 52.4. The zero-order valence-corrected chi connectivity index (χ0v) is 46.0. The van der Waals surface area contributed by atoms with Gasteiger partial charge in [0, 0.05) is 19.4 Å². The van der Waals surface area contributed by atoms with Gasteiger partial charge in [-0.1, -0.05) is 217 Å². The number of unbranched alkanes of at least 4 members (excludes halogenated alkanes) is 13.